The van der Waals surface area contributed by atoms with Crippen LogP contribution in [0.3, 0.4) is 0 Å². The van der Waals surface area contributed by atoms with Crippen LogP contribution in [0.2, 0.25) is 5.02 Å². The first-order chi connectivity index (χ1) is 20.9. The maximum absolute atomic E-state index is 14.3. The van der Waals surface area contributed by atoms with Crippen molar-refractivity contribution in [1.82, 2.24) is 14.9 Å². The second kappa shape index (κ2) is 12.3. The summed E-state index contributed by atoms with van der Waals surface area (Å²) in [5.41, 5.74) is 0.774. The molecule has 0 aliphatic carbocycles. The molecule has 0 radical (unpaired) electrons. The van der Waals surface area contributed by atoms with E-state index in [9.17, 15) is 19.1 Å². The molecule has 0 unspecified atom stereocenters. The fraction of sp³-hybridized carbons (Fsp3) is 0.333. The molecule has 2 saturated heterocycles. The minimum atomic E-state index is -1.43. The molecule has 5 rings (SSSR count). The fourth-order valence-corrected chi connectivity index (χ4v) is 5.71. The number of aromatic nitrogens is 2. The van der Waals surface area contributed by atoms with Gasteiger partial charge in [0, 0.05) is 55.0 Å². The van der Waals surface area contributed by atoms with Gasteiger partial charge in [0.2, 0.25) is 17.7 Å². The number of likely N-dealkylation sites (tertiary alicyclic amines) is 1. The normalized spacial score (nSPS) is 17.8. The molecule has 3 heterocycles. The Balaban J connectivity index is 1.52. The average Bonchev–Trinajstić information content (AvgIpc) is 3.31. The molecule has 2 fully saturated rings. The molecular formula is C30H33ClFN7O5. The van der Waals surface area contributed by atoms with Gasteiger partial charge in [0.05, 0.1) is 34.8 Å². The van der Waals surface area contributed by atoms with Crippen LogP contribution in [-0.4, -0.2) is 72.2 Å². The van der Waals surface area contributed by atoms with E-state index in [0.29, 0.717) is 29.1 Å². The molecule has 4 N–H and O–H groups in total. The first kappa shape index (κ1) is 31.0. The molecule has 0 spiro atoms. The molecule has 1 aromatic heterocycles. The highest BCUT2D eigenvalue weighted by Gasteiger charge is 2.44. The summed E-state index contributed by atoms with van der Waals surface area (Å²) in [5.74, 6) is -0.0689. The number of methoxy groups -OCH3 is 1. The lowest BCUT2D eigenvalue weighted by Gasteiger charge is -2.40. The number of carbonyl (C=O) groups is 2. The van der Waals surface area contributed by atoms with Gasteiger partial charge in [-0.25, -0.2) is 4.39 Å². The number of amides is 1. The summed E-state index contributed by atoms with van der Waals surface area (Å²) in [7, 11) is 3.62. The molecule has 0 saturated carbocycles. The van der Waals surface area contributed by atoms with Crippen molar-refractivity contribution in [3.8, 4) is 11.6 Å². The summed E-state index contributed by atoms with van der Waals surface area (Å²) in [4.78, 5) is 36.9. The molecule has 44 heavy (non-hydrogen) atoms. The molecule has 232 valence electrons. The molecule has 12 nitrogen and oxygen atoms in total. The Bertz CT molecular complexity index is 1620. The molecule has 2 aliphatic heterocycles. The van der Waals surface area contributed by atoms with E-state index < -0.39 is 11.4 Å². The minimum absolute atomic E-state index is 0.00208. The zero-order chi connectivity index (χ0) is 31.8. The van der Waals surface area contributed by atoms with Crippen LogP contribution < -0.4 is 30.3 Å². The number of fused-ring (bicyclic) bond motifs is 1. The summed E-state index contributed by atoms with van der Waals surface area (Å²) >= 11 is 6.03. The van der Waals surface area contributed by atoms with Crippen molar-refractivity contribution in [2.75, 3.05) is 54.6 Å². The Morgan fingerprint density at radius 3 is 2.55 bits per heavy atom. The quantitative estimate of drug-likeness (QED) is 0.178. The number of hydrogen-bond acceptors (Lipinski definition) is 11. The molecule has 3 aromatic rings. The summed E-state index contributed by atoms with van der Waals surface area (Å²) in [6, 6.07) is 7.76. The van der Waals surface area contributed by atoms with Crippen LogP contribution in [0.15, 0.2) is 43.0 Å². The van der Waals surface area contributed by atoms with Gasteiger partial charge in [-0.3, -0.25) is 9.59 Å². The van der Waals surface area contributed by atoms with Crippen LogP contribution >= 0.6 is 11.6 Å². The van der Waals surface area contributed by atoms with Gasteiger partial charge in [-0.05, 0) is 45.2 Å². The highest BCUT2D eigenvalue weighted by molar-refractivity contribution is 6.31. The summed E-state index contributed by atoms with van der Waals surface area (Å²) in [5, 5.41) is 19.4. The predicted molar refractivity (Wildman–Crippen MR) is 166 cm³/mol. The second-order valence-corrected chi connectivity index (χ2v) is 11.6. The van der Waals surface area contributed by atoms with Crippen LogP contribution in [0, 0.1) is 11.7 Å². The molecule has 2 aliphatic rings. The minimum Gasteiger partial charge on any atom is -0.494 e. The number of rotatable bonds is 11. The number of ether oxygens (including phenoxy) is 2. The third-order valence-electron chi connectivity index (χ3n) is 7.70. The van der Waals surface area contributed by atoms with Crippen molar-refractivity contribution in [3.05, 3.63) is 59.4 Å². The Labute approximate surface area is 258 Å². The number of hydrogen-bond donors (Lipinski definition) is 4. The van der Waals surface area contributed by atoms with Crippen LogP contribution in [0.5, 0.6) is 11.6 Å². The average molecular weight is 626 g/mol. The molecule has 0 bridgehead atoms. The third kappa shape index (κ3) is 6.39. The second-order valence-electron chi connectivity index (χ2n) is 11.2. The standard InChI is InChI=1S/C30H33ClFN7O5/c1-6-27(41)34-21-9-22(25(43-5)10-23(21)39-13-16-12-38(4)24(16)14-39)35-29-36-26(11-28(37-29)44-15-40)33-20-8-18(31)19(32)7-17(20)30(2,3)42/h6-11,15-16,24,42H,1,12-14H2,2-5H3,(H,34,41)(H2,33,35,36,37)/t16-,24+/m0/s1. The Morgan fingerprint density at radius 1 is 1.14 bits per heavy atom. The summed E-state index contributed by atoms with van der Waals surface area (Å²) < 4.78 is 25.0. The van der Waals surface area contributed by atoms with Crippen molar-refractivity contribution in [2.45, 2.75) is 25.5 Å². The molecular weight excluding hydrogens is 593 g/mol. The van der Waals surface area contributed by atoms with Gasteiger partial charge < -0.3 is 40.3 Å². The highest BCUT2D eigenvalue weighted by atomic mass is 35.5. The van der Waals surface area contributed by atoms with Crippen LogP contribution in [-0.2, 0) is 15.2 Å². The van der Waals surface area contributed by atoms with Gasteiger partial charge in [0.1, 0.15) is 17.4 Å². The number of likely N-dealkylation sites (N-methyl/N-ethyl adjacent to an activating group) is 1. The number of aliphatic hydroxyl groups is 1. The van der Waals surface area contributed by atoms with Gasteiger partial charge >= 0.3 is 0 Å². The third-order valence-corrected chi connectivity index (χ3v) is 7.99. The zero-order valence-electron chi connectivity index (χ0n) is 24.6. The molecule has 2 aromatic carbocycles. The van der Waals surface area contributed by atoms with Crippen molar-refractivity contribution >= 4 is 58.5 Å². The van der Waals surface area contributed by atoms with Crippen molar-refractivity contribution in [1.29, 1.82) is 0 Å². The lowest BCUT2D eigenvalue weighted by atomic mass is 9.93. The predicted octanol–water partition coefficient (Wildman–Crippen LogP) is 4.40. The monoisotopic (exact) mass is 625 g/mol. The summed E-state index contributed by atoms with van der Waals surface area (Å²) in [6.45, 7) is 9.44. The van der Waals surface area contributed by atoms with E-state index in [1.54, 1.807) is 6.07 Å². The topological polar surface area (TPSA) is 141 Å². The van der Waals surface area contributed by atoms with E-state index in [-0.39, 0.29) is 46.3 Å². The number of benzene rings is 2. The maximum Gasteiger partial charge on any atom is 0.299 e. The number of carbonyl (C=O) groups excluding carboxylic acids is 2. The van der Waals surface area contributed by atoms with Crippen LogP contribution in [0.4, 0.5) is 38.9 Å². The zero-order valence-corrected chi connectivity index (χ0v) is 25.4. The van der Waals surface area contributed by atoms with E-state index in [1.807, 2.05) is 6.07 Å². The first-order valence-electron chi connectivity index (χ1n) is 13.8. The van der Waals surface area contributed by atoms with Crippen LogP contribution in [0.1, 0.15) is 19.4 Å². The molecule has 14 heteroatoms. The SMILES string of the molecule is C=CC(=O)Nc1cc(Nc2nc(Nc3cc(Cl)c(F)cc3C(C)(C)O)cc(OC=O)n2)c(OC)cc1N1C[C@@H]2CN(C)[C@@H]2C1. The Morgan fingerprint density at radius 2 is 1.91 bits per heavy atom. The van der Waals surface area contributed by atoms with Gasteiger partial charge in [-0.1, -0.05) is 18.2 Å². The van der Waals surface area contributed by atoms with Gasteiger partial charge in [0.15, 0.2) is 0 Å². The first-order valence-corrected chi connectivity index (χ1v) is 14.1. The smallest absolute Gasteiger partial charge is 0.299 e. The van der Waals surface area contributed by atoms with Crippen LogP contribution in [0.25, 0.3) is 0 Å². The Kier molecular flexibility index (Phi) is 8.64. The van der Waals surface area contributed by atoms with E-state index >= 15 is 0 Å². The highest BCUT2D eigenvalue weighted by Crippen LogP contribution is 2.42. The van der Waals surface area contributed by atoms with Crippen molar-refractivity contribution in [2.24, 2.45) is 5.92 Å². The fourth-order valence-electron chi connectivity index (χ4n) is 5.55. The van der Waals surface area contributed by atoms with E-state index in [0.717, 1.165) is 31.4 Å². The molecule has 1 amide bonds. The van der Waals surface area contributed by atoms with Crippen molar-refractivity contribution in [3.63, 3.8) is 0 Å². The maximum atomic E-state index is 14.3. The van der Waals surface area contributed by atoms with E-state index in [1.165, 1.54) is 39.2 Å². The lowest BCUT2D eigenvalue weighted by Crippen LogP contribution is -2.52. The van der Waals surface area contributed by atoms with Crippen molar-refractivity contribution < 1.29 is 28.6 Å². The van der Waals surface area contributed by atoms with Gasteiger partial charge in [-0.2, -0.15) is 9.97 Å². The number of anilines is 6. The number of nitrogens with zero attached hydrogens (tertiary/aromatic N) is 4. The summed E-state index contributed by atoms with van der Waals surface area (Å²) in [6.07, 6.45) is 1.19. The molecule has 2 atom stereocenters. The number of halogens is 2. The van der Waals surface area contributed by atoms with E-state index in [4.69, 9.17) is 21.1 Å². The number of nitrogens with one attached hydrogen (secondary N) is 3. The van der Waals surface area contributed by atoms with E-state index in [2.05, 4.69) is 49.3 Å². The van der Waals surface area contributed by atoms with Gasteiger partial charge in [0.25, 0.3) is 6.47 Å². The lowest BCUT2D eigenvalue weighted by molar-refractivity contribution is -0.121. The Hall–Kier alpha value is -4.46. The largest absolute Gasteiger partial charge is 0.494 e. The van der Waals surface area contributed by atoms with Gasteiger partial charge in [-0.15, -0.1) is 0 Å².